The topological polar surface area (TPSA) is 46.2 Å². The molecule has 0 saturated heterocycles. The molecule has 13 aliphatic carbocycles. The molecule has 0 radical (unpaired) electrons. The number of ether oxygens (including phenoxy) is 5. The van der Waals surface area contributed by atoms with Gasteiger partial charge in [-0.2, -0.15) is 0 Å². The average molecular weight is 1050 g/mol. The summed E-state index contributed by atoms with van der Waals surface area (Å²) in [5.74, 6) is 0. The van der Waals surface area contributed by atoms with Gasteiger partial charge < -0.3 is 23.7 Å². The van der Waals surface area contributed by atoms with Gasteiger partial charge in [0.25, 0.3) is 0 Å². The summed E-state index contributed by atoms with van der Waals surface area (Å²) in [6, 6.07) is 0. The van der Waals surface area contributed by atoms with Crippen molar-refractivity contribution in [1.29, 1.82) is 0 Å². The van der Waals surface area contributed by atoms with Crippen LogP contribution in [0.3, 0.4) is 0 Å². The van der Waals surface area contributed by atoms with Crippen molar-refractivity contribution >= 4 is 0 Å². The third-order valence-corrected chi connectivity index (χ3v) is 25.6. The summed E-state index contributed by atoms with van der Waals surface area (Å²) in [5.41, 5.74) is 5.72. The van der Waals surface area contributed by atoms with Crippen LogP contribution in [0.4, 0.5) is 0 Å². The summed E-state index contributed by atoms with van der Waals surface area (Å²) in [6.07, 6.45) is 62.2. The van der Waals surface area contributed by atoms with E-state index in [2.05, 4.69) is 62.3 Å². The van der Waals surface area contributed by atoms with E-state index in [-0.39, 0.29) is 0 Å². The first-order valence-electron chi connectivity index (χ1n) is 34.2. The molecule has 2 atom stereocenters. The van der Waals surface area contributed by atoms with Gasteiger partial charge in [0.1, 0.15) is 0 Å². The minimum Gasteiger partial charge on any atom is -0.377 e. The Labute approximate surface area is 464 Å². The maximum atomic E-state index is 6.39. The summed E-state index contributed by atoms with van der Waals surface area (Å²) in [7, 11) is 0. The lowest BCUT2D eigenvalue weighted by molar-refractivity contribution is -0.101. The first-order valence-corrected chi connectivity index (χ1v) is 34.2. The van der Waals surface area contributed by atoms with Crippen molar-refractivity contribution < 1.29 is 23.7 Å². The van der Waals surface area contributed by atoms with Gasteiger partial charge in [-0.1, -0.05) is 124 Å². The highest BCUT2D eigenvalue weighted by molar-refractivity contribution is 5.18. The Morgan fingerprint density at radius 1 is 0.200 bits per heavy atom. The highest BCUT2D eigenvalue weighted by Gasteiger charge is 2.67. The normalized spacial score (nSPS) is 32.9. The zero-order valence-electron chi connectivity index (χ0n) is 51.5. The average Bonchev–Trinajstić information content (AvgIpc) is 3.74. The molecule has 2 unspecified atom stereocenters. The van der Waals surface area contributed by atoms with Gasteiger partial charge in [-0.05, 0) is 256 Å². The minimum atomic E-state index is 0.410. The zero-order valence-corrected chi connectivity index (χ0v) is 51.5. The van der Waals surface area contributed by atoms with Crippen LogP contribution in [0.1, 0.15) is 326 Å². The first kappa shape index (κ1) is 59.4. The Morgan fingerprint density at radius 3 is 0.547 bits per heavy atom. The summed E-state index contributed by atoms with van der Waals surface area (Å²) < 4.78 is 30.8. The van der Waals surface area contributed by atoms with Gasteiger partial charge in [-0.25, -0.2) is 0 Å². The van der Waals surface area contributed by atoms with Gasteiger partial charge >= 0.3 is 0 Å². The molecule has 0 aromatic heterocycles. The first-order chi connectivity index (χ1) is 36.2. The maximum Gasteiger partial charge on any atom is 0.0687 e. The summed E-state index contributed by atoms with van der Waals surface area (Å²) in [4.78, 5) is 0. The lowest BCUT2D eigenvalue weighted by Gasteiger charge is -2.46. The molecule has 13 rings (SSSR count). The van der Waals surface area contributed by atoms with Crippen LogP contribution in [0.25, 0.3) is 0 Å². The van der Waals surface area contributed by atoms with Crippen LogP contribution in [0, 0.1) is 54.1 Å². The molecule has 13 aliphatic rings. The molecule has 434 valence electrons. The second-order valence-corrected chi connectivity index (χ2v) is 30.9. The van der Waals surface area contributed by atoms with Gasteiger partial charge in [0, 0.05) is 33.0 Å². The summed E-state index contributed by atoms with van der Waals surface area (Å²) in [6.45, 7) is 24.9. The van der Waals surface area contributed by atoms with E-state index in [9.17, 15) is 0 Å². The van der Waals surface area contributed by atoms with E-state index in [1.165, 1.54) is 263 Å². The quantitative estimate of drug-likeness (QED) is 0.218. The van der Waals surface area contributed by atoms with Crippen LogP contribution in [-0.2, 0) is 23.7 Å². The number of rotatable bonds is 10. The fourth-order valence-corrected chi connectivity index (χ4v) is 21.7. The summed E-state index contributed by atoms with van der Waals surface area (Å²) >= 11 is 0. The largest absolute Gasteiger partial charge is 0.377 e. The van der Waals surface area contributed by atoms with E-state index in [1.807, 2.05) is 0 Å². The molecule has 0 amide bonds. The highest BCUT2D eigenvalue weighted by Crippen LogP contribution is 2.73. The van der Waals surface area contributed by atoms with E-state index >= 15 is 0 Å². The predicted octanol–water partition coefficient (Wildman–Crippen LogP) is 20.1. The molecule has 0 bridgehead atoms. The Hall–Kier alpha value is -0.200. The fourth-order valence-electron chi connectivity index (χ4n) is 21.7. The molecule has 0 N–H and O–H groups in total. The molecule has 13 fully saturated rings. The van der Waals surface area contributed by atoms with Crippen LogP contribution in [0.2, 0.25) is 0 Å². The van der Waals surface area contributed by atoms with Crippen molar-refractivity contribution in [3.05, 3.63) is 0 Å². The van der Waals surface area contributed by atoms with Gasteiger partial charge in [0.05, 0.1) is 30.5 Å². The molecule has 5 nitrogen and oxygen atoms in total. The van der Waals surface area contributed by atoms with E-state index in [0.29, 0.717) is 84.7 Å². The fraction of sp³-hybridized carbons (Fsp3) is 1.00. The molecule has 0 aromatic rings. The standard InChI is InChI=1S/C17H30O.C15H26O.C14H26O.C13H24O.C11H18O/c1-2-18-15-16(9-5-3-6-10-16)13-14-17(15)11-7-4-8-12-17;1-2-16-13-14(7-3-4-8-14)11-12-15(13)9-5-6-10-15;1-4-15-12-13(2,3)10-11-14(12)8-6-5-7-9-14;1-4-14-11-12(2,3)9-10-13(11)7-5-6-8-13;1-2-12-9-10(3-4-10)7-8-11(9)5-6-11/h15H,2-14H2,1H3;13H,2-12H2,1H3;12H,4-11H2,1-3H3;11H,4-10H2,1-3H3;9H,2-8H2,1H3. The van der Waals surface area contributed by atoms with Crippen molar-refractivity contribution in [2.45, 2.75) is 356 Å². The summed E-state index contributed by atoms with van der Waals surface area (Å²) in [5, 5.41) is 0. The van der Waals surface area contributed by atoms with Crippen molar-refractivity contribution in [3.63, 3.8) is 0 Å². The third-order valence-electron chi connectivity index (χ3n) is 25.6. The lowest BCUT2D eigenvalue weighted by atomic mass is 9.64. The zero-order chi connectivity index (χ0) is 52.9. The molecule has 13 saturated carbocycles. The minimum absolute atomic E-state index is 0.410. The highest BCUT2D eigenvalue weighted by atomic mass is 16.5. The molecule has 5 heteroatoms. The van der Waals surface area contributed by atoms with Crippen molar-refractivity contribution in [3.8, 4) is 0 Å². The molecule has 0 heterocycles. The lowest BCUT2D eigenvalue weighted by Crippen LogP contribution is -2.44. The van der Waals surface area contributed by atoms with Crippen molar-refractivity contribution in [1.82, 2.24) is 0 Å². The van der Waals surface area contributed by atoms with Gasteiger partial charge in [0.15, 0.2) is 0 Å². The Bertz CT molecular complexity index is 1650. The van der Waals surface area contributed by atoms with E-state index in [0.717, 1.165) is 33.0 Å². The Balaban J connectivity index is 0.000000115. The van der Waals surface area contributed by atoms with Crippen LogP contribution >= 0.6 is 0 Å². The van der Waals surface area contributed by atoms with Crippen molar-refractivity contribution in [2.75, 3.05) is 33.0 Å². The van der Waals surface area contributed by atoms with Gasteiger partial charge in [0.2, 0.25) is 0 Å². The third kappa shape index (κ3) is 12.2. The second kappa shape index (κ2) is 24.7. The maximum absolute atomic E-state index is 6.39. The second-order valence-electron chi connectivity index (χ2n) is 30.9. The van der Waals surface area contributed by atoms with Crippen LogP contribution < -0.4 is 0 Å². The van der Waals surface area contributed by atoms with Crippen molar-refractivity contribution in [2.24, 2.45) is 54.1 Å². The van der Waals surface area contributed by atoms with Gasteiger partial charge in [-0.15, -0.1) is 0 Å². The number of hydrogen-bond acceptors (Lipinski definition) is 5. The molecule has 0 aromatic carbocycles. The van der Waals surface area contributed by atoms with Crippen LogP contribution in [0.5, 0.6) is 0 Å². The molecule has 75 heavy (non-hydrogen) atoms. The molecular weight excluding hydrogens is 921 g/mol. The van der Waals surface area contributed by atoms with E-state index in [1.54, 1.807) is 0 Å². The van der Waals surface area contributed by atoms with Crippen LogP contribution in [0.15, 0.2) is 0 Å². The van der Waals surface area contributed by atoms with E-state index in [4.69, 9.17) is 23.7 Å². The monoisotopic (exact) mass is 1040 g/mol. The smallest absolute Gasteiger partial charge is 0.0687 e. The Kier molecular flexibility index (Phi) is 19.6. The van der Waals surface area contributed by atoms with Gasteiger partial charge in [-0.3, -0.25) is 0 Å². The van der Waals surface area contributed by atoms with E-state index < -0.39 is 0 Å². The molecule has 8 spiro atoms. The molecule has 0 aliphatic heterocycles. The SMILES string of the molecule is CCOC1C(C)(C)CCC12CCCC2.CCOC1C(C)(C)CCC12CCCCC2.CCOC1C2(CC2)CCC12CC2.CCOC1C2(CCCC2)CCC12CCCC2.CCOC1C2(CCCCC2)CCC12CCCCC2. The number of hydrogen-bond donors (Lipinski definition) is 0. The Morgan fingerprint density at radius 2 is 0.347 bits per heavy atom. The molecular formula is C70H124O5. The van der Waals surface area contributed by atoms with Crippen LogP contribution in [-0.4, -0.2) is 63.6 Å². The predicted molar refractivity (Wildman–Crippen MR) is 313 cm³/mol.